The normalized spacial score (nSPS) is 22.2. The van der Waals surface area contributed by atoms with Crippen molar-refractivity contribution in [2.24, 2.45) is 0 Å². The van der Waals surface area contributed by atoms with Gasteiger partial charge in [0.25, 0.3) is 5.95 Å². The lowest BCUT2D eigenvalue weighted by molar-refractivity contribution is -0.186. The molecule has 176 valence electrons. The maximum Gasteiger partial charge on any atom is 0.303 e. The second-order valence-corrected chi connectivity index (χ2v) is 8.13. The van der Waals surface area contributed by atoms with E-state index in [0.717, 1.165) is 31.7 Å². The minimum atomic E-state index is -1.23. The van der Waals surface area contributed by atoms with Crippen LogP contribution in [-0.4, -0.2) is 57.4 Å². The Hall–Kier alpha value is -3.28. The summed E-state index contributed by atoms with van der Waals surface area (Å²) in [5.41, 5.74) is -0.293. The number of aromatic nitrogens is 2. The van der Waals surface area contributed by atoms with Crippen molar-refractivity contribution < 1.29 is 42.1 Å². The molecule has 1 fully saturated rings. The molecule has 4 atom stereocenters. The van der Waals surface area contributed by atoms with Crippen molar-refractivity contribution in [2.45, 2.75) is 44.5 Å². The highest BCUT2D eigenvalue weighted by atomic mass is 32.2. The largest absolute Gasteiger partial charge is 0.471 e. The van der Waals surface area contributed by atoms with Crippen molar-refractivity contribution in [3.63, 3.8) is 0 Å². The quantitative estimate of drug-likeness (QED) is 0.346. The van der Waals surface area contributed by atoms with Crippen LogP contribution >= 0.6 is 11.8 Å². The fourth-order valence-electron chi connectivity index (χ4n) is 3.19. The lowest BCUT2D eigenvalue weighted by Crippen LogP contribution is -2.55. The van der Waals surface area contributed by atoms with Crippen LogP contribution in [0.5, 0.6) is 5.75 Å². The molecule has 3 heterocycles. The Balaban J connectivity index is 1.92. The summed E-state index contributed by atoms with van der Waals surface area (Å²) in [4.78, 5) is 42.0. The van der Waals surface area contributed by atoms with E-state index in [1.807, 2.05) is 0 Å². The number of hydrogen-bond donors (Lipinski definition) is 0. The van der Waals surface area contributed by atoms with Gasteiger partial charge in [-0.2, -0.15) is 8.78 Å². The van der Waals surface area contributed by atoms with Gasteiger partial charge in [0.2, 0.25) is 5.95 Å². The van der Waals surface area contributed by atoms with Crippen molar-refractivity contribution in [3.8, 4) is 16.9 Å². The number of ether oxygens (including phenoxy) is 4. The maximum atomic E-state index is 14.5. The van der Waals surface area contributed by atoms with Gasteiger partial charge < -0.3 is 18.9 Å². The van der Waals surface area contributed by atoms with Gasteiger partial charge in [-0.15, -0.1) is 11.8 Å². The number of nitrogens with zero attached hydrogens (tertiary/aromatic N) is 2. The van der Waals surface area contributed by atoms with E-state index in [-0.39, 0.29) is 11.5 Å². The topological polar surface area (TPSA) is 114 Å². The van der Waals surface area contributed by atoms with Gasteiger partial charge in [0.05, 0.1) is 0 Å². The number of carbonyl (C=O) groups is 3. The molecule has 0 N–H and O–H groups in total. The van der Waals surface area contributed by atoms with Gasteiger partial charge in [0, 0.05) is 50.5 Å². The molecule has 0 bridgehead atoms. The molecular weight excluding hydrogens is 462 g/mol. The molecule has 0 saturated carbocycles. The smallest absolute Gasteiger partial charge is 0.303 e. The Kier molecular flexibility index (Phi) is 7.79. The Morgan fingerprint density at radius 1 is 0.939 bits per heavy atom. The molecule has 1 saturated heterocycles. The van der Waals surface area contributed by atoms with E-state index < -0.39 is 53.6 Å². The van der Waals surface area contributed by atoms with Gasteiger partial charge in [-0.05, 0) is 17.7 Å². The third-order valence-corrected chi connectivity index (χ3v) is 5.63. The second kappa shape index (κ2) is 10.6. The van der Waals surface area contributed by atoms with E-state index in [9.17, 15) is 23.2 Å². The summed E-state index contributed by atoms with van der Waals surface area (Å²) < 4.78 is 49.5. The third-order valence-electron chi connectivity index (χ3n) is 4.41. The molecule has 0 aromatic carbocycles. The van der Waals surface area contributed by atoms with Crippen molar-refractivity contribution in [2.75, 3.05) is 5.75 Å². The van der Waals surface area contributed by atoms with Crippen LogP contribution in [0.3, 0.4) is 0 Å². The zero-order valence-electron chi connectivity index (χ0n) is 17.8. The molecule has 0 amide bonds. The Labute approximate surface area is 191 Å². The number of rotatable bonds is 6. The molecule has 2 aromatic rings. The van der Waals surface area contributed by atoms with Crippen LogP contribution in [-0.2, 0) is 28.6 Å². The summed E-state index contributed by atoms with van der Waals surface area (Å²) in [6.45, 7) is 3.48. The van der Waals surface area contributed by atoms with E-state index in [4.69, 9.17) is 18.9 Å². The average molecular weight is 482 g/mol. The molecule has 3 rings (SSSR count). The first kappa shape index (κ1) is 24.4. The minimum absolute atomic E-state index is 0.115. The van der Waals surface area contributed by atoms with Crippen molar-refractivity contribution in [3.05, 3.63) is 42.5 Å². The first-order valence-electron chi connectivity index (χ1n) is 9.71. The third kappa shape index (κ3) is 6.37. The highest BCUT2D eigenvalue weighted by Crippen LogP contribution is 2.35. The number of thioether (sulfide) groups is 1. The van der Waals surface area contributed by atoms with Gasteiger partial charge >= 0.3 is 17.9 Å². The highest BCUT2D eigenvalue weighted by Gasteiger charge is 2.48. The molecule has 0 aliphatic carbocycles. The fraction of sp³-hybridized carbons (Fsp3) is 0.381. The molecule has 9 nitrogen and oxygen atoms in total. The number of pyridine rings is 2. The molecule has 1 aliphatic rings. The fourth-order valence-corrected chi connectivity index (χ4v) is 4.39. The summed E-state index contributed by atoms with van der Waals surface area (Å²) in [6, 6.07) is 3.97. The summed E-state index contributed by atoms with van der Waals surface area (Å²) in [7, 11) is 0. The van der Waals surface area contributed by atoms with Crippen molar-refractivity contribution >= 4 is 29.7 Å². The van der Waals surface area contributed by atoms with Gasteiger partial charge in [-0.25, -0.2) is 9.97 Å². The lowest BCUT2D eigenvalue weighted by atomic mass is 10.1. The standard InChI is InChI=1S/C21H20F2N2O7S/c1-10(26)29-16-9-33-21(19(31-12(3)28)18(16)30-11(2)27)32-15-6-14(8-25-20(15)23)13-4-5-24-17(22)7-13/h4-8,16,18-19,21H,9H2,1-3H3/t16-,18+,19-,21+/m1/s1. The monoisotopic (exact) mass is 482 g/mol. The van der Waals surface area contributed by atoms with Gasteiger partial charge in [-0.3, -0.25) is 14.4 Å². The number of esters is 3. The zero-order valence-corrected chi connectivity index (χ0v) is 18.6. The van der Waals surface area contributed by atoms with Crippen LogP contribution in [0.1, 0.15) is 20.8 Å². The first-order valence-corrected chi connectivity index (χ1v) is 10.8. The predicted octanol–water partition coefficient (Wildman–Crippen LogP) is 2.67. The SMILES string of the molecule is CC(=O)O[C@@H]1[C@@H](OC(C)=O)[C@@H](Oc2cc(-c3ccnc(F)c3)cnc2F)SC[C@H]1OC(C)=O. The van der Waals surface area contributed by atoms with E-state index in [1.54, 1.807) is 0 Å². The van der Waals surface area contributed by atoms with Crippen molar-refractivity contribution in [1.29, 1.82) is 0 Å². The van der Waals surface area contributed by atoms with E-state index in [0.29, 0.717) is 11.1 Å². The zero-order chi connectivity index (χ0) is 24.1. The Morgan fingerprint density at radius 3 is 2.24 bits per heavy atom. The Bertz CT molecular complexity index is 1060. The second-order valence-electron chi connectivity index (χ2n) is 7.00. The first-order chi connectivity index (χ1) is 15.6. The summed E-state index contributed by atoms with van der Waals surface area (Å²) in [5.74, 6) is -3.90. The highest BCUT2D eigenvalue weighted by molar-refractivity contribution is 7.99. The van der Waals surface area contributed by atoms with E-state index >= 15 is 0 Å². The minimum Gasteiger partial charge on any atom is -0.471 e. The molecule has 33 heavy (non-hydrogen) atoms. The van der Waals surface area contributed by atoms with E-state index in [2.05, 4.69) is 9.97 Å². The van der Waals surface area contributed by atoms with Crippen molar-refractivity contribution in [1.82, 2.24) is 9.97 Å². The molecule has 12 heteroatoms. The molecule has 0 radical (unpaired) electrons. The van der Waals surface area contributed by atoms with Crippen LogP contribution in [0, 0.1) is 11.9 Å². The van der Waals surface area contributed by atoms with Crippen LogP contribution in [0.15, 0.2) is 30.6 Å². The lowest BCUT2D eigenvalue weighted by Gasteiger charge is -2.39. The number of carbonyl (C=O) groups excluding carboxylic acids is 3. The van der Waals surface area contributed by atoms with Crippen LogP contribution in [0.25, 0.3) is 11.1 Å². The molecule has 0 spiro atoms. The number of halogens is 2. The van der Waals surface area contributed by atoms with E-state index in [1.165, 1.54) is 31.5 Å². The Morgan fingerprint density at radius 2 is 1.61 bits per heavy atom. The summed E-state index contributed by atoms with van der Waals surface area (Å²) in [6.07, 6.45) is -0.880. The predicted molar refractivity (Wildman–Crippen MR) is 111 cm³/mol. The van der Waals surface area contributed by atoms with Gasteiger partial charge in [-0.1, -0.05) is 0 Å². The molecule has 0 unspecified atom stereocenters. The van der Waals surface area contributed by atoms with Crippen LogP contribution in [0.2, 0.25) is 0 Å². The summed E-state index contributed by atoms with van der Waals surface area (Å²) in [5, 5.41) is 0. The van der Waals surface area contributed by atoms with Crippen LogP contribution in [0.4, 0.5) is 8.78 Å². The van der Waals surface area contributed by atoms with Gasteiger partial charge in [0.1, 0.15) is 0 Å². The average Bonchev–Trinajstić information content (AvgIpc) is 2.72. The maximum absolute atomic E-state index is 14.5. The molecular formula is C21H20F2N2O7S. The molecule has 1 aliphatic heterocycles. The molecule has 2 aromatic heterocycles. The number of hydrogen-bond acceptors (Lipinski definition) is 10. The summed E-state index contributed by atoms with van der Waals surface area (Å²) >= 11 is 1.07. The van der Waals surface area contributed by atoms with Crippen LogP contribution < -0.4 is 4.74 Å². The van der Waals surface area contributed by atoms with Gasteiger partial charge in [0.15, 0.2) is 29.5 Å².